The van der Waals surface area contributed by atoms with E-state index in [9.17, 15) is 0 Å². The van der Waals surface area contributed by atoms with Gasteiger partial charge in [-0.1, -0.05) is 128 Å². The lowest BCUT2D eigenvalue weighted by Gasteiger charge is -2.31. The van der Waals surface area contributed by atoms with E-state index in [0.29, 0.717) is 36.7 Å². The van der Waals surface area contributed by atoms with Crippen molar-refractivity contribution in [3.63, 3.8) is 0 Å². The molecule has 2 unspecified atom stereocenters. The number of benzene rings is 2. The molecule has 2 aromatic rings. The highest BCUT2D eigenvalue weighted by Gasteiger charge is 2.38. The molecular weight excluding hydrogens is 563 g/mol. The van der Waals surface area contributed by atoms with Crippen LogP contribution in [0.25, 0.3) is 5.57 Å². The minimum absolute atomic E-state index is 0.196. The van der Waals surface area contributed by atoms with Crippen LogP contribution in [-0.4, -0.2) is 32.2 Å². The lowest BCUT2D eigenvalue weighted by atomic mass is 9.79. The minimum atomic E-state index is -1.70. The van der Waals surface area contributed by atoms with Gasteiger partial charge in [-0.05, 0) is 61.1 Å². The summed E-state index contributed by atoms with van der Waals surface area (Å²) in [5.41, 5.74) is 0.322. The Hall–Kier alpha value is -2.63. The van der Waals surface area contributed by atoms with Crippen molar-refractivity contribution < 1.29 is 23.3 Å². The average molecular weight is 623 g/mol. The van der Waals surface area contributed by atoms with Crippen molar-refractivity contribution in [1.29, 1.82) is 0 Å². The van der Waals surface area contributed by atoms with Crippen molar-refractivity contribution in [3.05, 3.63) is 77.9 Å². The van der Waals surface area contributed by atoms with Gasteiger partial charge in [0, 0.05) is 18.6 Å². The van der Waals surface area contributed by atoms with E-state index in [0.717, 1.165) is 62.7 Å². The van der Waals surface area contributed by atoms with Gasteiger partial charge in [-0.15, -0.1) is 0 Å². The summed E-state index contributed by atoms with van der Waals surface area (Å²) in [5.74, 6) is 1.37. The Morgan fingerprint density at radius 2 is 1.36 bits per heavy atom. The molecule has 2 aromatic carbocycles. The lowest BCUT2D eigenvalue weighted by molar-refractivity contribution is -0.165. The van der Waals surface area contributed by atoms with Crippen LogP contribution in [0.4, 0.5) is 4.39 Å². The Labute approximate surface area is 273 Å². The molecule has 1 aliphatic carbocycles. The SMILES string of the molecule is CCCCCCCCOc1cccc(C2=CC=CCC2(F)c2cccc(OC(OCCCCC)[C@H](CC)OCCCCC)c2)c1. The van der Waals surface area contributed by atoms with Crippen LogP contribution in [0.1, 0.15) is 129 Å². The molecule has 0 aliphatic heterocycles. The standard InChI is InChI=1S/C40H59FO4/c1-5-9-12-13-14-19-28-42-35-24-20-22-33(31-35)37-26-15-16-27-40(37,41)34-23-21-25-36(32-34)45-39(44-30-18-11-7-3)38(8-4)43-29-17-10-6-2/h15-16,20-26,31-32,38-39H,5-14,17-19,27-30H2,1-4H3/t38-,39?,40?/m0/s1. The molecule has 4 nitrogen and oxygen atoms in total. The molecule has 0 amide bonds. The number of hydrogen-bond acceptors (Lipinski definition) is 4. The normalized spacial score (nSPS) is 17.6. The molecule has 0 spiro atoms. The van der Waals surface area contributed by atoms with Crippen molar-refractivity contribution in [3.8, 4) is 11.5 Å². The molecule has 0 saturated carbocycles. The van der Waals surface area contributed by atoms with Gasteiger partial charge in [0.05, 0.1) is 13.2 Å². The van der Waals surface area contributed by atoms with Crippen molar-refractivity contribution in [2.45, 2.75) is 136 Å². The number of alkyl halides is 1. The van der Waals surface area contributed by atoms with Gasteiger partial charge < -0.3 is 18.9 Å². The van der Waals surface area contributed by atoms with E-state index in [1.54, 1.807) is 0 Å². The zero-order chi connectivity index (χ0) is 32.2. The number of ether oxygens (including phenoxy) is 4. The maximum atomic E-state index is 17.2. The third-order valence-corrected chi connectivity index (χ3v) is 8.50. The molecule has 0 radical (unpaired) electrons. The van der Waals surface area contributed by atoms with Gasteiger partial charge in [-0.2, -0.15) is 0 Å². The molecule has 0 aromatic heterocycles. The third-order valence-electron chi connectivity index (χ3n) is 8.50. The summed E-state index contributed by atoms with van der Waals surface area (Å²) in [6.07, 6.45) is 19.8. The van der Waals surface area contributed by atoms with Gasteiger partial charge >= 0.3 is 0 Å². The van der Waals surface area contributed by atoms with Crippen LogP contribution in [0.2, 0.25) is 0 Å². The second-order valence-electron chi connectivity index (χ2n) is 12.3. The Balaban J connectivity index is 1.74. The zero-order valence-corrected chi connectivity index (χ0v) is 28.5. The predicted molar refractivity (Wildman–Crippen MR) is 186 cm³/mol. The number of halogens is 1. The van der Waals surface area contributed by atoms with Crippen LogP contribution in [-0.2, 0) is 15.1 Å². The largest absolute Gasteiger partial charge is 0.494 e. The number of unbranched alkanes of at least 4 members (excludes halogenated alkanes) is 9. The molecule has 0 heterocycles. The van der Waals surface area contributed by atoms with Crippen LogP contribution < -0.4 is 9.47 Å². The summed E-state index contributed by atoms with van der Waals surface area (Å²) < 4.78 is 42.3. The van der Waals surface area contributed by atoms with E-state index in [4.69, 9.17) is 18.9 Å². The van der Waals surface area contributed by atoms with E-state index >= 15 is 4.39 Å². The van der Waals surface area contributed by atoms with Gasteiger partial charge in [0.25, 0.3) is 0 Å². The molecule has 3 rings (SSSR count). The van der Waals surface area contributed by atoms with Crippen LogP contribution >= 0.6 is 0 Å². The topological polar surface area (TPSA) is 36.9 Å². The maximum absolute atomic E-state index is 17.2. The highest BCUT2D eigenvalue weighted by molar-refractivity contribution is 5.77. The first-order valence-corrected chi connectivity index (χ1v) is 17.9. The van der Waals surface area contributed by atoms with Crippen LogP contribution in [0, 0.1) is 0 Å². The quantitative estimate of drug-likeness (QED) is 0.0862. The predicted octanol–water partition coefficient (Wildman–Crippen LogP) is 11.5. The molecule has 0 fully saturated rings. The second kappa shape index (κ2) is 21.2. The summed E-state index contributed by atoms with van der Waals surface area (Å²) in [6.45, 7) is 10.7. The van der Waals surface area contributed by atoms with Gasteiger partial charge in [0.1, 0.15) is 17.6 Å². The van der Waals surface area contributed by atoms with E-state index in [2.05, 4.69) is 27.7 Å². The zero-order valence-electron chi connectivity index (χ0n) is 28.5. The van der Waals surface area contributed by atoms with Crippen LogP contribution in [0.3, 0.4) is 0 Å². The average Bonchev–Trinajstić information content (AvgIpc) is 3.06. The Morgan fingerprint density at radius 1 is 0.711 bits per heavy atom. The highest BCUT2D eigenvalue weighted by Crippen LogP contribution is 2.46. The monoisotopic (exact) mass is 622 g/mol. The first kappa shape index (κ1) is 36.8. The van der Waals surface area contributed by atoms with Gasteiger partial charge in [-0.25, -0.2) is 4.39 Å². The Bertz CT molecular complexity index is 1140. The summed E-state index contributed by atoms with van der Waals surface area (Å²) in [4.78, 5) is 0. The molecule has 0 saturated heterocycles. The fraction of sp³-hybridized carbons (Fsp3) is 0.600. The maximum Gasteiger partial charge on any atom is 0.226 e. The molecule has 250 valence electrons. The Kier molecular flexibility index (Phi) is 17.4. The van der Waals surface area contributed by atoms with Crippen molar-refractivity contribution >= 4 is 5.57 Å². The summed E-state index contributed by atoms with van der Waals surface area (Å²) >= 11 is 0. The van der Waals surface area contributed by atoms with Crippen molar-refractivity contribution in [2.75, 3.05) is 19.8 Å². The minimum Gasteiger partial charge on any atom is -0.494 e. The Morgan fingerprint density at radius 3 is 2.11 bits per heavy atom. The van der Waals surface area contributed by atoms with Crippen molar-refractivity contribution in [2.24, 2.45) is 0 Å². The van der Waals surface area contributed by atoms with E-state index in [1.165, 1.54) is 32.1 Å². The van der Waals surface area contributed by atoms with E-state index in [-0.39, 0.29) is 12.5 Å². The molecule has 1 aliphatic rings. The smallest absolute Gasteiger partial charge is 0.226 e. The lowest BCUT2D eigenvalue weighted by Crippen LogP contribution is -2.37. The highest BCUT2D eigenvalue weighted by atomic mass is 19.1. The summed E-state index contributed by atoms with van der Waals surface area (Å²) in [7, 11) is 0. The summed E-state index contributed by atoms with van der Waals surface area (Å²) in [5, 5.41) is 0. The molecular formula is C40H59FO4. The van der Waals surface area contributed by atoms with Gasteiger partial charge in [0.15, 0.2) is 5.67 Å². The molecule has 3 atom stereocenters. The fourth-order valence-corrected chi connectivity index (χ4v) is 5.76. The summed E-state index contributed by atoms with van der Waals surface area (Å²) in [6, 6.07) is 15.3. The number of hydrogen-bond donors (Lipinski definition) is 0. The van der Waals surface area contributed by atoms with Gasteiger partial charge in [-0.3, -0.25) is 0 Å². The van der Waals surface area contributed by atoms with Crippen LogP contribution in [0.5, 0.6) is 11.5 Å². The molecule has 0 N–H and O–H groups in total. The molecule has 5 heteroatoms. The van der Waals surface area contributed by atoms with Gasteiger partial charge in [0.2, 0.25) is 6.29 Å². The van der Waals surface area contributed by atoms with Crippen molar-refractivity contribution in [1.82, 2.24) is 0 Å². The second-order valence-corrected chi connectivity index (χ2v) is 12.3. The van der Waals surface area contributed by atoms with E-state index < -0.39 is 12.0 Å². The molecule has 0 bridgehead atoms. The first-order valence-electron chi connectivity index (χ1n) is 17.9. The molecule has 45 heavy (non-hydrogen) atoms. The fourth-order valence-electron chi connectivity index (χ4n) is 5.76. The third kappa shape index (κ3) is 12.2. The number of allylic oxidation sites excluding steroid dienone is 4. The number of rotatable bonds is 24. The van der Waals surface area contributed by atoms with Crippen LogP contribution in [0.15, 0.2) is 66.8 Å². The van der Waals surface area contributed by atoms with E-state index in [1.807, 2.05) is 66.8 Å². The first-order chi connectivity index (χ1) is 22.0.